The van der Waals surface area contributed by atoms with Crippen molar-refractivity contribution in [3.05, 3.63) is 60.3 Å². The van der Waals surface area contributed by atoms with E-state index in [2.05, 4.69) is 29.4 Å². The van der Waals surface area contributed by atoms with E-state index in [0.717, 1.165) is 40.5 Å². The summed E-state index contributed by atoms with van der Waals surface area (Å²) in [7, 11) is -1.90. The van der Waals surface area contributed by atoms with Gasteiger partial charge in [-0.15, -0.1) is 0 Å². The van der Waals surface area contributed by atoms with Gasteiger partial charge in [0, 0.05) is 25.8 Å². The lowest BCUT2D eigenvalue weighted by Gasteiger charge is -2.31. The molecule has 0 atom stereocenters. The fourth-order valence-corrected chi connectivity index (χ4v) is 6.13. The first-order valence-electron chi connectivity index (χ1n) is 10.3. The van der Waals surface area contributed by atoms with Gasteiger partial charge in [-0.05, 0) is 67.1 Å². The van der Waals surface area contributed by atoms with Gasteiger partial charge in [-0.1, -0.05) is 29.5 Å². The van der Waals surface area contributed by atoms with Crippen LogP contribution in [0.25, 0.3) is 10.4 Å². The molecule has 1 aromatic heterocycles. The molecule has 8 heteroatoms. The van der Waals surface area contributed by atoms with Crippen molar-refractivity contribution in [1.82, 2.24) is 9.29 Å². The van der Waals surface area contributed by atoms with Gasteiger partial charge in [0.2, 0.25) is 10.0 Å². The molecule has 1 aliphatic heterocycles. The van der Waals surface area contributed by atoms with Gasteiger partial charge in [0.05, 0.1) is 16.9 Å². The van der Waals surface area contributed by atoms with Crippen molar-refractivity contribution in [2.24, 2.45) is 5.92 Å². The van der Waals surface area contributed by atoms with Crippen molar-refractivity contribution in [1.29, 1.82) is 0 Å². The van der Waals surface area contributed by atoms with Crippen molar-refractivity contribution >= 4 is 26.5 Å². The normalized spacial score (nSPS) is 15.7. The molecule has 2 aromatic carbocycles. The number of piperidine rings is 1. The molecule has 1 N–H and O–H groups in total. The van der Waals surface area contributed by atoms with E-state index in [1.165, 1.54) is 0 Å². The first-order valence-corrected chi connectivity index (χ1v) is 12.5. The van der Waals surface area contributed by atoms with Crippen LogP contribution in [0.5, 0.6) is 5.75 Å². The second-order valence-corrected chi connectivity index (χ2v) is 10.6. The molecule has 1 saturated heterocycles. The zero-order valence-corrected chi connectivity index (χ0v) is 19.3. The average Bonchev–Trinajstić information content (AvgIpc) is 3.27. The molecule has 0 unspecified atom stereocenters. The van der Waals surface area contributed by atoms with Gasteiger partial charge in [0.1, 0.15) is 5.75 Å². The van der Waals surface area contributed by atoms with Crippen molar-refractivity contribution < 1.29 is 13.2 Å². The number of benzene rings is 2. The maximum Gasteiger partial charge on any atom is 0.243 e. The molecule has 1 fully saturated rings. The number of hydrogen-bond donors (Lipinski definition) is 1. The van der Waals surface area contributed by atoms with Crippen molar-refractivity contribution in [3.63, 3.8) is 0 Å². The summed E-state index contributed by atoms with van der Waals surface area (Å²) in [6.07, 6.45) is 3.55. The highest BCUT2D eigenvalue weighted by Gasteiger charge is 2.29. The number of ether oxygens (including phenoxy) is 1. The molecule has 0 saturated carbocycles. The van der Waals surface area contributed by atoms with Crippen LogP contribution in [0, 0.1) is 18.9 Å². The Bertz CT molecular complexity index is 1120. The highest BCUT2D eigenvalue weighted by molar-refractivity contribution is 7.89. The van der Waals surface area contributed by atoms with Crippen LogP contribution < -0.4 is 10.1 Å². The maximum atomic E-state index is 12.9. The predicted octanol–water partition coefficient (Wildman–Crippen LogP) is 4.44. The Kier molecular flexibility index (Phi) is 6.60. The Morgan fingerprint density at radius 2 is 1.97 bits per heavy atom. The van der Waals surface area contributed by atoms with Crippen LogP contribution in [0.2, 0.25) is 0 Å². The monoisotopic (exact) mass is 456 g/mol. The smallest absolute Gasteiger partial charge is 0.243 e. The van der Waals surface area contributed by atoms with Gasteiger partial charge in [0.15, 0.2) is 5.13 Å². The van der Waals surface area contributed by atoms with Crippen LogP contribution in [-0.2, 0) is 10.0 Å². The summed E-state index contributed by atoms with van der Waals surface area (Å²) in [5.41, 5.74) is 2.27. The molecule has 0 amide bonds. The van der Waals surface area contributed by atoms with Crippen molar-refractivity contribution in [2.75, 3.05) is 32.1 Å². The topological polar surface area (TPSA) is 71.5 Å². The number of aryl methyl sites for hydroxylation is 1. The highest BCUT2D eigenvalue weighted by Crippen LogP contribution is 2.31. The SMILES string of the molecule is COc1ccc(S(=O)(=O)N2CCC(CNc3ncc(-c4ccc[c]c4C)s3)CC2)cc1. The average molecular weight is 457 g/mol. The quantitative estimate of drug-likeness (QED) is 0.569. The third-order valence-electron chi connectivity index (χ3n) is 5.65. The minimum absolute atomic E-state index is 0.314. The summed E-state index contributed by atoms with van der Waals surface area (Å²) in [4.78, 5) is 5.94. The van der Waals surface area contributed by atoms with E-state index in [4.69, 9.17) is 4.74 Å². The van der Waals surface area contributed by atoms with Crippen LogP contribution in [0.4, 0.5) is 5.13 Å². The largest absolute Gasteiger partial charge is 0.497 e. The van der Waals surface area contributed by atoms with Gasteiger partial charge < -0.3 is 10.1 Å². The zero-order chi connectivity index (χ0) is 21.8. The minimum Gasteiger partial charge on any atom is -0.497 e. The lowest BCUT2D eigenvalue weighted by atomic mass is 9.98. The van der Waals surface area contributed by atoms with E-state index < -0.39 is 10.0 Å². The zero-order valence-electron chi connectivity index (χ0n) is 17.7. The van der Waals surface area contributed by atoms with Crippen LogP contribution in [-0.4, -0.2) is 44.5 Å². The minimum atomic E-state index is -3.46. The number of anilines is 1. The fraction of sp³-hybridized carbons (Fsp3) is 0.348. The van der Waals surface area contributed by atoms with E-state index in [0.29, 0.717) is 29.7 Å². The standard InChI is InChI=1S/C23H26N3O3S2/c1-17-5-3-4-6-21(17)22-16-25-23(30-22)24-15-18-11-13-26(14-12-18)31(27,28)20-9-7-19(29-2)8-10-20/h3-4,6-10,16,18H,11-15H2,1-2H3,(H,24,25). The predicted molar refractivity (Wildman–Crippen MR) is 124 cm³/mol. The number of aromatic nitrogens is 1. The molecule has 31 heavy (non-hydrogen) atoms. The molecule has 163 valence electrons. The van der Waals surface area contributed by atoms with E-state index in [9.17, 15) is 8.42 Å². The van der Waals surface area contributed by atoms with Crippen molar-refractivity contribution in [3.8, 4) is 16.2 Å². The Hall–Kier alpha value is -2.42. The van der Waals surface area contributed by atoms with Crippen molar-refractivity contribution in [2.45, 2.75) is 24.7 Å². The van der Waals surface area contributed by atoms with E-state index in [1.807, 2.05) is 18.3 Å². The number of nitrogens with zero attached hydrogens (tertiary/aromatic N) is 2. The van der Waals surface area contributed by atoms with E-state index in [-0.39, 0.29) is 0 Å². The van der Waals surface area contributed by atoms with Gasteiger partial charge in [-0.25, -0.2) is 13.4 Å². The summed E-state index contributed by atoms with van der Waals surface area (Å²) in [6, 6.07) is 15.8. The molecule has 2 heterocycles. The number of nitrogens with one attached hydrogen (secondary N) is 1. The summed E-state index contributed by atoms with van der Waals surface area (Å²) >= 11 is 1.64. The molecular formula is C23H26N3O3S2. The molecule has 0 bridgehead atoms. The Balaban J connectivity index is 1.31. The molecule has 4 rings (SSSR count). The van der Waals surface area contributed by atoms with E-state index >= 15 is 0 Å². The van der Waals surface area contributed by atoms with E-state index in [1.54, 1.807) is 47.0 Å². The number of hydrogen-bond acceptors (Lipinski definition) is 6. The number of rotatable bonds is 7. The molecule has 0 spiro atoms. The lowest BCUT2D eigenvalue weighted by molar-refractivity contribution is 0.282. The number of methoxy groups -OCH3 is 1. The Morgan fingerprint density at radius 3 is 2.65 bits per heavy atom. The molecule has 3 aromatic rings. The fourth-order valence-electron chi connectivity index (χ4n) is 3.75. The molecule has 0 aliphatic carbocycles. The van der Waals surface area contributed by atoms with Crippen LogP contribution in [0.1, 0.15) is 18.4 Å². The summed E-state index contributed by atoms with van der Waals surface area (Å²) < 4.78 is 32.5. The Labute approximate surface area is 188 Å². The maximum absolute atomic E-state index is 12.9. The molecule has 1 aliphatic rings. The van der Waals surface area contributed by atoms with Gasteiger partial charge in [-0.3, -0.25) is 0 Å². The van der Waals surface area contributed by atoms with Crippen LogP contribution in [0.15, 0.2) is 53.6 Å². The Morgan fingerprint density at radius 1 is 1.23 bits per heavy atom. The number of sulfonamides is 1. The second kappa shape index (κ2) is 9.38. The second-order valence-electron chi connectivity index (χ2n) is 7.64. The van der Waals surface area contributed by atoms with Gasteiger partial charge >= 0.3 is 0 Å². The molecule has 6 nitrogen and oxygen atoms in total. The van der Waals surface area contributed by atoms with Gasteiger partial charge in [-0.2, -0.15) is 4.31 Å². The van der Waals surface area contributed by atoms with Crippen LogP contribution in [0.3, 0.4) is 0 Å². The summed E-state index contributed by atoms with van der Waals surface area (Å²) in [5.74, 6) is 1.07. The molecule has 1 radical (unpaired) electrons. The summed E-state index contributed by atoms with van der Waals surface area (Å²) in [6.45, 7) is 3.91. The summed E-state index contributed by atoms with van der Waals surface area (Å²) in [5, 5.41) is 4.33. The van der Waals surface area contributed by atoms with Gasteiger partial charge in [0.25, 0.3) is 0 Å². The first-order chi connectivity index (χ1) is 15.0. The van der Waals surface area contributed by atoms with Crippen LogP contribution >= 0.6 is 11.3 Å². The highest BCUT2D eigenvalue weighted by atomic mass is 32.2. The first kappa shape index (κ1) is 21.8. The third kappa shape index (κ3) is 4.92. The lowest BCUT2D eigenvalue weighted by Crippen LogP contribution is -2.39. The molecular weight excluding hydrogens is 430 g/mol. The third-order valence-corrected chi connectivity index (χ3v) is 8.55. The number of thiazole rings is 1.